The molecule has 0 atom stereocenters. The molecule has 1 heterocycles. The molecule has 0 saturated heterocycles. The van der Waals surface area contributed by atoms with Crippen LogP contribution in [0, 0.1) is 19.8 Å². The van der Waals surface area contributed by atoms with E-state index in [1.807, 2.05) is 13.2 Å². The van der Waals surface area contributed by atoms with Crippen molar-refractivity contribution < 1.29 is 4.74 Å². The maximum Gasteiger partial charge on any atom is 0.130 e. The van der Waals surface area contributed by atoms with Gasteiger partial charge in [0, 0.05) is 18.2 Å². The van der Waals surface area contributed by atoms with Gasteiger partial charge in [0.2, 0.25) is 0 Å². The lowest BCUT2D eigenvalue weighted by atomic mass is 9.86. The van der Waals surface area contributed by atoms with Gasteiger partial charge in [-0.15, -0.1) is 0 Å². The first-order valence-corrected chi connectivity index (χ1v) is 7.58. The molecule has 3 rings (SSSR count). The zero-order valence-electron chi connectivity index (χ0n) is 13.0. The molecular formula is C17H23N3O. The molecule has 2 N–H and O–H groups in total. The molecule has 0 radical (unpaired) electrons. The molecule has 0 amide bonds. The Morgan fingerprint density at radius 1 is 1.29 bits per heavy atom. The van der Waals surface area contributed by atoms with Crippen LogP contribution in [0.5, 0.6) is 5.75 Å². The van der Waals surface area contributed by atoms with Crippen LogP contribution in [-0.2, 0) is 7.05 Å². The van der Waals surface area contributed by atoms with E-state index in [0.717, 1.165) is 29.0 Å². The predicted octanol–water partition coefficient (Wildman–Crippen LogP) is 3.47. The second-order valence-corrected chi connectivity index (χ2v) is 6.13. The Hall–Kier alpha value is -1.97. The van der Waals surface area contributed by atoms with Crippen molar-refractivity contribution in [1.82, 2.24) is 9.78 Å². The average molecular weight is 285 g/mol. The van der Waals surface area contributed by atoms with E-state index >= 15 is 0 Å². The van der Waals surface area contributed by atoms with Gasteiger partial charge in [-0.3, -0.25) is 4.68 Å². The first kappa shape index (κ1) is 14.0. The minimum absolute atomic E-state index is 0.675. The largest absolute Gasteiger partial charge is 0.492 e. The monoisotopic (exact) mass is 285 g/mol. The van der Waals surface area contributed by atoms with E-state index in [0.29, 0.717) is 11.7 Å². The summed E-state index contributed by atoms with van der Waals surface area (Å²) in [6.07, 6.45) is 5.73. The first-order chi connectivity index (χ1) is 10.1. The fourth-order valence-corrected chi connectivity index (χ4v) is 2.86. The molecule has 1 fully saturated rings. The third-order valence-corrected chi connectivity index (χ3v) is 4.38. The summed E-state index contributed by atoms with van der Waals surface area (Å²) < 4.78 is 7.85. The summed E-state index contributed by atoms with van der Waals surface area (Å²) in [4.78, 5) is 0. The molecule has 0 spiro atoms. The van der Waals surface area contributed by atoms with Crippen LogP contribution < -0.4 is 10.5 Å². The summed E-state index contributed by atoms with van der Waals surface area (Å²) in [6.45, 7) is 5.00. The number of nitrogen functional groups attached to an aromatic ring is 1. The van der Waals surface area contributed by atoms with Crippen LogP contribution in [0.15, 0.2) is 18.3 Å². The van der Waals surface area contributed by atoms with Gasteiger partial charge >= 0.3 is 0 Å². The lowest BCUT2D eigenvalue weighted by Crippen LogP contribution is -2.19. The van der Waals surface area contributed by atoms with Crippen LogP contribution in [0.4, 0.5) is 5.82 Å². The number of nitrogens with zero attached hydrogens (tertiary/aromatic N) is 2. The zero-order valence-corrected chi connectivity index (χ0v) is 13.0. The number of rotatable bonds is 4. The van der Waals surface area contributed by atoms with Crippen molar-refractivity contribution in [3.8, 4) is 16.9 Å². The summed E-state index contributed by atoms with van der Waals surface area (Å²) in [5, 5.41) is 4.25. The van der Waals surface area contributed by atoms with Gasteiger partial charge in [0.25, 0.3) is 0 Å². The van der Waals surface area contributed by atoms with Crippen LogP contribution >= 0.6 is 0 Å². The molecule has 112 valence electrons. The normalized spacial score (nSPS) is 15.0. The van der Waals surface area contributed by atoms with E-state index < -0.39 is 0 Å². The standard InChI is InChI=1S/C17H23N3O/c1-11-7-12(2)16(21-10-13-5-4-6-13)14(8-11)15-9-19-20(3)17(15)18/h7-9,13H,4-6,10,18H2,1-3H3. The van der Waals surface area contributed by atoms with E-state index in [2.05, 4.69) is 31.1 Å². The van der Waals surface area contributed by atoms with E-state index in [4.69, 9.17) is 10.5 Å². The lowest BCUT2D eigenvalue weighted by molar-refractivity contribution is 0.180. The maximum absolute atomic E-state index is 6.15. The van der Waals surface area contributed by atoms with Crippen LogP contribution in [-0.4, -0.2) is 16.4 Å². The molecule has 0 bridgehead atoms. The Morgan fingerprint density at radius 2 is 2.05 bits per heavy atom. The Labute approximate surface area is 125 Å². The Kier molecular flexibility index (Phi) is 3.62. The molecule has 21 heavy (non-hydrogen) atoms. The highest BCUT2D eigenvalue weighted by atomic mass is 16.5. The van der Waals surface area contributed by atoms with Gasteiger partial charge in [0.1, 0.15) is 11.6 Å². The molecule has 1 aromatic carbocycles. The summed E-state index contributed by atoms with van der Waals surface area (Å²) in [6, 6.07) is 4.29. The summed E-state index contributed by atoms with van der Waals surface area (Å²) in [7, 11) is 1.86. The average Bonchev–Trinajstić information content (AvgIpc) is 2.70. The molecule has 1 aromatic heterocycles. The van der Waals surface area contributed by atoms with Crippen molar-refractivity contribution in [1.29, 1.82) is 0 Å². The fraction of sp³-hybridized carbons (Fsp3) is 0.471. The number of aromatic nitrogens is 2. The molecular weight excluding hydrogens is 262 g/mol. The van der Waals surface area contributed by atoms with Gasteiger partial charge in [-0.2, -0.15) is 5.10 Å². The van der Waals surface area contributed by atoms with Crippen molar-refractivity contribution in [2.75, 3.05) is 12.3 Å². The van der Waals surface area contributed by atoms with Gasteiger partial charge in [0.15, 0.2) is 0 Å². The Morgan fingerprint density at radius 3 is 2.62 bits per heavy atom. The first-order valence-electron chi connectivity index (χ1n) is 7.58. The minimum Gasteiger partial charge on any atom is -0.492 e. The highest BCUT2D eigenvalue weighted by Gasteiger charge is 2.20. The predicted molar refractivity (Wildman–Crippen MR) is 85.4 cm³/mol. The van der Waals surface area contributed by atoms with Crippen LogP contribution in [0.3, 0.4) is 0 Å². The highest BCUT2D eigenvalue weighted by Crippen LogP contribution is 2.38. The lowest BCUT2D eigenvalue weighted by Gasteiger charge is -2.26. The van der Waals surface area contributed by atoms with E-state index in [9.17, 15) is 0 Å². The Bertz CT molecular complexity index is 656. The van der Waals surface area contributed by atoms with E-state index in [1.165, 1.54) is 24.8 Å². The van der Waals surface area contributed by atoms with Crippen molar-refractivity contribution in [2.24, 2.45) is 13.0 Å². The van der Waals surface area contributed by atoms with Gasteiger partial charge in [0.05, 0.1) is 12.8 Å². The smallest absolute Gasteiger partial charge is 0.130 e. The molecule has 4 heteroatoms. The molecule has 0 unspecified atom stereocenters. The summed E-state index contributed by atoms with van der Waals surface area (Å²) in [5.41, 5.74) is 10.5. The zero-order chi connectivity index (χ0) is 15.0. The van der Waals surface area contributed by atoms with Gasteiger partial charge < -0.3 is 10.5 Å². The highest BCUT2D eigenvalue weighted by molar-refractivity contribution is 5.80. The van der Waals surface area contributed by atoms with Gasteiger partial charge in [-0.05, 0) is 49.8 Å². The van der Waals surface area contributed by atoms with Crippen LogP contribution in [0.1, 0.15) is 30.4 Å². The van der Waals surface area contributed by atoms with E-state index in [1.54, 1.807) is 4.68 Å². The maximum atomic E-state index is 6.15. The molecule has 1 aliphatic rings. The Balaban J connectivity index is 1.98. The summed E-state index contributed by atoms with van der Waals surface area (Å²) in [5.74, 6) is 2.34. The topological polar surface area (TPSA) is 53.1 Å². The molecule has 2 aromatic rings. The molecule has 1 saturated carbocycles. The summed E-state index contributed by atoms with van der Waals surface area (Å²) >= 11 is 0. The van der Waals surface area contributed by atoms with Crippen molar-refractivity contribution in [2.45, 2.75) is 33.1 Å². The van der Waals surface area contributed by atoms with E-state index in [-0.39, 0.29) is 0 Å². The molecule has 1 aliphatic carbocycles. The number of hydrogen-bond donors (Lipinski definition) is 1. The number of benzene rings is 1. The van der Waals surface area contributed by atoms with Crippen molar-refractivity contribution in [3.05, 3.63) is 29.5 Å². The minimum atomic E-state index is 0.675. The van der Waals surface area contributed by atoms with Crippen LogP contribution in [0.25, 0.3) is 11.1 Å². The number of anilines is 1. The second-order valence-electron chi connectivity index (χ2n) is 6.13. The molecule has 0 aliphatic heterocycles. The van der Waals surface area contributed by atoms with Gasteiger partial charge in [-0.25, -0.2) is 0 Å². The van der Waals surface area contributed by atoms with Gasteiger partial charge in [-0.1, -0.05) is 12.5 Å². The number of aryl methyl sites for hydroxylation is 3. The second kappa shape index (κ2) is 5.43. The van der Waals surface area contributed by atoms with Crippen molar-refractivity contribution >= 4 is 5.82 Å². The number of hydrogen-bond acceptors (Lipinski definition) is 3. The quantitative estimate of drug-likeness (QED) is 0.936. The van der Waals surface area contributed by atoms with Crippen LogP contribution in [0.2, 0.25) is 0 Å². The third-order valence-electron chi connectivity index (χ3n) is 4.38. The number of ether oxygens (including phenoxy) is 1. The third kappa shape index (κ3) is 2.62. The fourth-order valence-electron chi connectivity index (χ4n) is 2.86. The number of nitrogens with two attached hydrogens (primary N) is 1. The molecule has 4 nitrogen and oxygen atoms in total. The van der Waals surface area contributed by atoms with Crippen molar-refractivity contribution in [3.63, 3.8) is 0 Å². The SMILES string of the molecule is Cc1cc(C)c(OCC2CCC2)c(-c2cnn(C)c2N)c1.